The van der Waals surface area contributed by atoms with Gasteiger partial charge in [-0.1, -0.05) is 18.2 Å². The second-order valence-corrected chi connectivity index (χ2v) is 6.10. The molecule has 1 atom stereocenters. The minimum absolute atomic E-state index is 0.0512. The normalized spacial score (nSPS) is 29.7. The summed E-state index contributed by atoms with van der Waals surface area (Å²) in [6.07, 6.45) is 4.88. The molecule has 2 nitrogen and oxygen atoms in total. The lowest BCUT2D eigenvalue weighted by molar-refractivity contribution is -0.0184. The summed E-state index contributed by atoms with van der Waals surface area (Å²) in [6, 6.07) is 8.52. The van der Waals surface area contributed by atoms with Crippen LogP contribution >= 0.6 is 0 Å². The molecule has 18 heavy (non-hydrogen) atoms. The van der Waals surface area contributed by atoms with Crippen molar-refractivity contribution in [2.45, 2.75) is 38.2 Å². The number of fused-ring (bicyclic) bond motifs is 1. The minimum atomic E-state index is 0.0512. The minimum Gasteiger partial charge on any atom is -0.487 e. The van der Waals surface area contributed by atoms with E-state index in [-0.39, 0.29) is 5.60 Å². The van der Waals surface area contributed by atoms with Gasteiger partial charge in [0, 0.05) is 5.92 Å². The van der Waals surface area contributed by atoms with E-state index in [1.807, 2.05) is 0 Å². The Morgan fingerprint density at radius 3 is 2.72 bits per heavy atom. The summed E-state index contributed by atoms with van der Waals surface area (Å²) in [5.74, 6) is 1.83. The molecule has 0 aromatic heterocycles. The van der Waals surface area contributed by atoms with Crippen LogP contribution in [0.25, 0.3) is 0 Å². The number of benzene rings is 1. The van der Waals surface area contributed by atoms with Crippen molar-refractivity contribution in [3.05, 3.63) is 29.8 Å². The Bertz CT molecular complexity index is 423. The third-order valence-electron chi connectivity index (χ3n) is 4.79. The first-order valence-corrected chi connectivity index (χ1v) is 7.13. The van der Waals surface area contributed by atoms with Crippen LogP contribution in [0.2, 0.25) is 0 Å². The van der Waals surface area contributed by atoms with Crippen LogP contribution in [-0.2, 0) is 6.42 Å². The van der Waals surface area contributed by atoms with Gasteiger partial charge in [-0.15, -0.1) is 0 Å². The maximum Gasteiger partial charge on any atom is 0.123 e. The van der Waals surface area contributed by atoms with E-state index in [2.05, 4.69) is 43.1 Å². The fraction of sp³-hybridized carbons (Fsp3) is 0.625. The van der Waals surface area contributed by atoms with Crippen LogP contribution in [0.3, 0.4) is 0 Å². The first kappa shape index (κ1) is 12.0. The van der Waals surface area contributed by atoms with Crippen LogP contribution < -0.4 is 4.74 Å². The molecule has 98 valence electrons. The summed E-state index contributed by atoms with van der Waals surface area (Å²) in [7, 11) is 2.22. The first-order valence-electron chi connectivity index (χ1n) is 7.13. The van der Waals surface area contributed by atoms with Crippen molar-refractivity contribution in [1.29, 1.82) is 0 Å². The molecule has 2 aliphatic heterocycles. The predicted octanol–water partition coefficient (Wildman–Crippen LogP) is 3.11. The van der Waals surface area contributed by atoms with Gasteiger partial charge in [0.1, 0.15) is 11.4 Å². The van der Waals surface area contributed by atoms with Crippen LogP contribution in [0.15, 0.2) is 24.3 Å². The van der Waals surface area contributed by atoms with Crippen LogP contribution in [0, 0.1) is 5.92 Å². The summed E-state index contributed by atoms with van der Waals surface area (Å²) in [6.45, 7) is 4.75. The quantitative estimate of drug-likeness (QED) is 0.754. The number of para-hydroxylation sites is 1. The van der Waals surface area contributed by atoms with Crippen molar-refractivity contribution in [1.82, 2.24) is 4.90 Å². The molecule has 3 rings (SSSR count). The molecule has 1 aromatic rings. The molecule has 0 saturated carbocycles. The lowest BCUT2D eigenvalue weighted by Gasteiger charge is -2.44. The van der Waals surface area contributed by atoms with Gasteiger partial charge >= 0.3 is 0 Å². The molecule has 0 aliphatic carbocycles. The van der Waals surface area contributed by atoms with Crippen molar-refractivity contribution in [2.75, 3.05) is 20.1 Å². The maximum atomic E-state index is 6.38. The Balaban J connectivity index is 1.77. The summed E-state index contributed by atoms with van der Waals surface area (Å²) in [5, 5.41) is 0. The van der Waals surface area contributed by atoms with Gasteiger partial charge < -0.3 is 9.64 Å². The SMILES string of the molecule is CN1CCC(C2(C)CCc3ccccc3O2)CC1. The van der Waals surface area contributed by atoms with E-state index in [0.29, 0.717) is 5.92 Å². The fourth-order valence-electron chi connectivity index (χ4n) is 3.40. The van der Waals surface area contributed by atoms with Gasteiger partial charge in [-0.05, 0) is 64.4 Å². The second-order valence-electron chi connectivity index (χ2n) is 6.10. The van der Waals surface area contributed by atoms with E-state index < -0.39 is 0 Å². The molecule has 0 bridgehead atoms. The fourth-order valence-corrected chi connectivity index (χ4v) is 3.40. The van der Waals surface area contributed by atoms with E-state index >= 15 is 0 Å². The Morgan fingerprint density at radius 1 is 1.22 bits per heavy atom. The molecule has 2 aliphatic rings. The zero-order valence-corrected chi connectivity index (χ0v) is 11.5. The number of aryl methyl sites for hydroxylation is 1. The molecule has 2 heteroatoms. The summed E-state index contributed by atoms with van der Waals surface area (Å²) >= 11 is 0. The monoisotopic (exact) mass is 245 g/mol. The van der Waals surface area contributed by atoms with E-state index in [1.165, 1.54) is 44.3 Å². The van der Waals surface area contributed by atoms with Gasteiger partial charge in [0.15, 0.2) is 0 Å². The first-order chi connectivity index (χ1) is 8.67. The Kier molecular flexibility index (Phi) is 3.06. The molecule has 0 N–H and O–H groups in total. The van der Waals surface area contributed by atoms with Crippen LogP contribution in [0.1, 0.15) is 31.7 Å². The zero-order chi connectivity index (χ0) is 12.6. The largest absolute Gasteiger partial charge is 0.487 e. The zero-order valence-electron chi connectivity index (χ0n) is 11.5. The summed E-state index contributed by atoms with van der Waals surface area (Å²) in [4.78, 5) is 2.43. The molecule has 1 saturated heterocycles. The average molecular weight is 245 g/mol. The maximum absolute atomic E-state index is 6.38. The smallest absolute Gasteiger partial charge is 0.123 e. The number of hydrogen-bond donors (Lipinski definition) is 0. The Morgan fingerprint density at radius 2 is 1.94 bits per heavy atom. The van der Waals surface area contributed by atoms with Gasteiger partial charge in [0.25, 0.3) is 0 Å². The molecule has 0 spiro atoms. The molecular formula is C16H23NO. The van der Waals surface area contributed by atoms with Crippen LogP contribution in [0.4, 0.5) is 0 Å². The van der Waals surface area contributed by atoms with Gasteiger partial charge in [-0.25, -0.2) is 0 Å². The summed E-state index contributed by atoms with van der Waals surface area (Å²) in [5.41, 5.74) is 1.43. The second kappa shape index (κ2) is 4.58. The number of rotatable bonds is 1. The molecule has 1 aromatic carbocycles. The molecule has 0 amide bonds. The highest BCUT2D eigenvalue weighted by Crippen LogP contribution is 2.40. The number of likely N-dealkylation sites (tertiary alicyclic amines) is 1. The number of piperidine rings is 1. The van der Waals surface area contributed by atoms with Gasteiger partial charge in [0.05, 0.1) is 0 Å². The van der Waals surface area contributed by atoms with Crippen molar-refractivity contribution in [3.63, 3.8) is 0 Å². The van der Waals surface area contributed by atoms with Crippen molar-refractivity contribution >= 4 is 0 Å². The lowest BCUT2D eigenvalue weighted by atomic mass is 9.77. The molecule has 1 unspecified atom stereocenters. The number of ether oxygens (including phenoxy) is 1. The molecule has 2 heterocycles. The van der Waals surface area contributed by atoms with E-state index in [0.717, 1.165) is 5.75 Å². The van der Waals surface area contributed by atoms with E-state index in [1.54, 1.807) is 0 Å². The van der Waals surface area contributed by atoms with Crippen molar-refractivity contribution < 1.29 is 4.74 Å². The lowest BCUT2D eigenvalue weighted by Crippen LogP contribution is -2.48. The third kappa shape index (κ3) is 2.14. The number of hydrogen-bond acceptors (Lipinski definition) is 2. The topological polar surface area (TPSA) is 12.5 Å². The standard InChI is InChI=1S/C16H23NO/c1-16(14-8-11-17(2)12-9-14)10-7-13-5-3-4-6-15(13)18-16/h3-6,14H,7-12H2,1-2H3. The van der Waals surface area contributed by atoms with Crippen molar-refractivity contribution in [3.8, 4) is 5.75 Å². The van der Waals surface area contributed by atoms with E-state index in [4.69, 9.17) is 4.74 Å². The Hall–Kier alpha value is -1.02. The molecule has 1 fully saturated rings. The highest BCUT2D eigenvalue weighted by atomic mass is 16.5. The van der Waals surface area contributed by atoms with Gasteiger partial charge in [0.2, 0.25) is 0 Å². The summed E-state index contributed by atoms with van der Waals surface area (Å²) < 4.78 is 6.38. The average Bonchev–Trinajstić information content (AvgIpc) is 2.39. The van der Waals surface area contributed by atoms with Gasteiger partial charge in [-0.2, -0.15) is 0 Å². The number of nitrogens with zero attached hydrogens (tertiary/aromatic N) is 1. The molecule has 0 radical (unpaired) electrons. The highest BCUT2D eigenvalue weighted by molar-refractivity contribution is 5.36. The van der Waals surface area contributed by atoms with E-state index in [9.17, 15) is 0 Å². The third-order valence-corrected chi connectivity index (χ3v) is 4.79. The van der Waals surface area contributed by atoms with Crippen LogP contribution in [0.5, 0.6) is 5.75 Å². The Labute approximate surface area is 110 Å². The molecular weight excluding hydrogens is 222 g/mol. The van der Waals surface area contributed by atoms with Crippen molar-refractivity contribution in [2.24, 2.45) is 5.92 Å². The van der Waals surface area contributed by atoms with Crippen LogP contribution in [-0.4, -0.2) is 30.6 Å². The predicted molar refractivity (Wildman–Crippen MR) is 74.0 cm³/mol. The highest BCUT2D eigenvalue weighted by Gasteiger charge is 2.40. The van der Waals surface area contributed by atoms with Gasteiger partial charge in [-0.3, -0.25) is 0 Å².